The summed E-state index contributed by atoms with van der Waals surface area (Å²) in [5.41, 5.74) is 2.96. The molecule has 0 spiro atoms. The Hall–Kier alpha value is -2.88. The van der Waals surface area contributed by atoms with E-state index in [0.717, 1.165) is 48.4 Å². The van der Waals surface area contributed by atoms with Crippen LogP contribution in [0.3, 0.4) is 0 Å². The predicted molar refractivity (Wildman–Crippen MR) is 98.3 cm³/mol. The number of piperidine rings is 1. The van der Waals surface area contributed by atoms with E-state index >= 15 is 0 Å². The summed E-state index contributed by atoms with van der Waals surface area (Å²) in [7, 11) is 0. The first-order chi connectivity index (χ1) is 12.3. The van der Waals surface area contributed by atoms with Crippen LogP contribution in [0.2, 0.25) is 0 Å². The van der Waals surface area contributed by atoms with Crippen LogP contribution in [0.4, 0.5) is 0 Å². The van der Waals surface area contributed by atoms with E-state index in [9.17, 15) is 4.79 Å². The van der Waals surface area contributed by atoms with Crippen LogP contribution in [0.25, 0.3) is 11.1 Å². The van der Waals surface area contributed by atoms with E-state index < -0.39 is 0 Å². The highest BCUT2D eigenvalue weighted by Crippen LogP contribution is 2.26. The molecule has 25 heavy (non-hydrogen) atoms. The fourth-order valence-electron chi connectivity index (χ4n) is 3.53. The standard InChI is InChI=1S/C21H21N3O/c25-21(24-13-5-10-19(15-24)20-22-11-12-23-20)18-9-4-8-17(14-18)16-6-2-1-3-7-16/h1-4,6-9,11-12,14,19H,5,10,13,15H2,(H,22,23)/t19-/m1/s1. The summed E-state index contributed by atoms with van der Waals surface area (Å²) in [6, 6.07) is 18.1. The van der Waals surface area contributed by atoms with Gasteiger partial charge < -0.3 is 9.88 Å². The van der Waals surface area contributed by atoms with Crippen LogP contribution in [0, 0.1) is 0 Å². The van der Waals surface area contributed by atoms with Crippen molar-refractivity contribution in [1.29, 1.82) is 0 Å². The number of benzene rings is 2. The van der Waals surface area contributed by atoms with E-state index in [4.69, 9.17) is 0 Å². The summed E-state index contributed by atoms with van der Waals surface area (Å²) in [4.78, 5) is 22.5. The van der Waals surface area contributed by atoms with Crippen molar-refractivity contribution in [2.75, 3.05) is 13.1 Å². The summed E-state index contributed by atoms with van der Waals surface area (Å²) in [6.45, 7) is 1.54. The molecular weight excluding hydrogens is 310 g/mol. The van der Waals surface area contributed by atoms with Crippen LogP contribution >= 0.6 is 0 Å². The van der Waals surface area contributed by atoms with Crippen molar-refractivity contribution in [3.8, 4) is 11.1 Å². The minimum atomic E-state index is 0.106. The number of amides is 1. The predicted octanol–water partition coefficient (Wildman–Crippen LogP) is 4.10. The van der Waals surface area contributed by atoms with Gasteiger partial charge >= 0.3 is 0 Å². The number of nitrogens with one attached hydrogen (secondary N) is 1. The Morgan fingerprint density at radius 3 is 2.72 bits per heavy atom. The van der Waals surface area contributed by atoms with E-state index in [1.54, 1.807) is 6.20 Å². The molecule has 1 atom stereocenters. The van der Waals surface area contributed by atoms with Crippen molar-refractivity contribution in [2.24, 2.45) is 0 Å². The van der Waals surface area contributed by atoms with Gasteiger partial charge in [-0.15, -0.1) is 0 Å². The van der Waals surface area contributed by atoms with Gasteiger partial charge in [0.05, 0.1) is 0 Å². The second kappa shape index (κ2) is 6.93. The molecule has 1 N–H and O–H groups in total. The Morgan fingerprint density at radius 1 is 1.08 bits per heavy atom. The van der Waals surface area contributed by atoms with Crippen molar-refractivity contribution in [3.63, 3.8) is 0 Å². The molecule has 126 valence electrons. The zero-order valence-corrected chi connectivity index (χ0v) is 14.1. The van der Waals surface area contributed by atoms with Gasteiger partial charge in [-0.2, -0.15) is 0 Å². The average Bonchev–Trinajstić information content (AvgIpc) is 3.23. The summed E-state index contributed by atoms with van der Waals surface area (Å²) in [5.74, 6) is 1.38. The third-order valence-electron chi connectivity index (χ3n) is 4.83. The molecule has 4 nitrogen and oxygen atoms in total. The maximum Gasteiger partial charge on any atom is 0.253 e. The number of carbonyl (C=O) groups is 1. The van der Waals surface area contributed by atoms with Gasteiger partial charge in [0.25, 0.3) is 5.91 Å². The number of H-pyrrole nitrogens is 1. The highest BCUT2D eigenvalue weighted by Gasteiger charge is 2.26. The smallest absolute Gasteiger partial charge is 0.253 e. The number of aromatic nitrogens is 2. The molecular formula is C21H21N3O. The number of aromatic amines is 1. The molecule has 3 aromatic rings. The molecule has 0 aliphatic carbocycles. The van der Waals surface area contributed by atoms with Gasteiger partial charge in [-0.3, -0.25) is 4.79 Å². The molecule has 1 fully saturated rings. The minimum absolute atomic E-state index is 0.106. The SMILES string of the molecule is O=C(c1cccc(-c2ccccc2)c1)N1CCC[C@@H](c2ncc[nH]2)C1. The van der Waals surface area contributed by atoms with Gasteiger partial charge in [0, 0.05) is 37.0 Å². The Labute approximate surface area is 147 Å². The Balaban J connectivity index is 1.54. The number of imidazole rings is 1. The topological polar surface area (TPSA) is 49.0 Å². The molecule has 4 heteroatoms. The normalized spacial score (nSPS) is 17.4. The Kier molecular flexibility index (Phi) is 4.34. The van der Waals surface area contributed by atoms with Gasteiger partial charge in [0.2, 0.25) is 0 Å². The molecule has 1 aliphatic rings. The van der Waals surface area contributed by atoms with Gasteiger partial charge in [-0.25, -0.2) is 4.98 Å². The number of rotatable bonds is 3. The molecule has 0 radical (unpaired) electrons. The van der Waals surface area contributed by atoms with Crippen LogP contribution in [-0.2, 0) is 0 Å². The lowest BCUT2D eigenvalue weighted by Gasteiger charge is -2.32. The molecule has 0 bridgehead atoms. The number of hydrogen-bond acceptors (Lipinski definition) is 2. The molecule has 1 aliphatic heterocycles. The van der Waals surface area contributed by atoms with Crippen molar-refractivity contribution in [2.45, 2.75) is 18.8 Å². The second-order valence-corrected chi connectivity index (χ2v) is 6.51. The quantitative estimate of drug-likeness (QED) is 0.785. The summed E-state index contributed by atoms with van der Waals surface area (Å²) in [5, 5.41) is 0. The lowest BCUT2D eigenvalue weighted by molar-refractivity contribution is 0.0705. The zero-order chi connectivity index (χ0) is 17.1. The minimum Gasteiger partial charge on any atom is -0.348 e. The molecule has 1 saturated heterocycles. The van der Waals surface area contributed by atoms with Crippen LogP contribution in [0.5, 0.6) is 0 Å². The average molecular weight is 331 g/mol. The van der Waals surface area contributed by atoms with E-state index in [1.807, 2.05) is 53.6 Å². The third-order valence-corrected chi connectivity index (χ3v) is 4.83. The lowest BCUT2D eigenvalue weighted by atomic mass is 9.96. The fraction of sp³-hybridized carbons (Fsp3) is 0.238. The number of nitrogens with zero attached hydrogens (tertiary/aromatic N) is 2. The first kappa shape index (κ1) is 15.6. The first-order valence-corrected chi connectivity index (χ1v) is 8.75. The monoisotopic (exact) mass is 331 g/mol. The molecule has 1 aromatic heterocycles. The molecule has 0 saturated carbocycles. The summed E-state index contributed by atoms with van der Waals surface area (Å²) < 4.78 is 0. The van der Waals surface area contributed by atoms with Crippen LogP contribution in [0.1, 0.15) is 34.9 Å². The number of carbonyl (C=O) groups excluding carboxylic acids is 1. The third kappa shape index (κ3) is 3.33. The lowest BCUT2D eigenvalue weighted by Crippen LogP contribution is -2.39. The summed E-state index contributed by atoms with van der Waals surface area (Å²) in [6.07, 6.45) is 5.70. The first-order valence-electron chi connectivity index (χ1n) is 8.75. The highest BCUT2D eigenvalue weighted by molar-refractivity contribution is 5.95. The van der Waals surface area contributed by atoms with Crippen molar-refractivity contribution < 1.29 is 4.79 Å². The molecule has 2 heterocycles. The van der Waals surface area contributed by atoms with Gasteiger partial charge in [-0.1, -0.05) is 42.5 Å². The Bertz CT molecular complexity index is 843. The van der Waals surface area contributed by atoms with Crippen LogP contribution in [-0.4, -0.2) is 33.9 Å². The van der Waals surface area contributed by atoms with Gasteiger partial charge in [-0.05, 0) is 36.1 Å². The fourth-order valence-corrected chi connectivity index (χ4v) is 3.53. The van der Waals surface area contributed by atoms with Crippen molar-refractivity contribution in [1.82, 2.24) is 14.9 Å². The van der Waals surface area contributed by atoms with E-state index in [2.05, 4.69) is 22.1 Å². The van der Waals surface area contributed by atoms with Crippen LogP contribution < -0.4 is 0 Å². The van der Waals surface area contributed by atoms with E-state index in [1.165, 1.54) is 0 Å². The van der Waals surface area contributed by atoms with E-state index in [0.29, 0.717) is 5.92 Å². The summed E-state index contributed by atoms with van der Waals surface area (Å²) >= 11 is 0. The molecule has 0 unspecified atom stereocenters. The van der Waals surface area contributed by atoms with E-state index in [-0.39, 0.29) is 5.91 Å². The van der Waals surface area contributed by atoms with Crippen LogP contribution in [0.15, 0.2) is 67.0 Å². The number of hydrogen-bond donors (Lipinski definition) is 1. The Morgan fingerprint density at radius 2 is 1.92 bits per heavy atom. The molecule has 4 rings (SSSR count). The van der Waals surface area contributed by atoms with Gasteiger partial charge in [0.1, 0.15) is 5.82 Å². The zero-order valence-electron chi connectivity index (χ0n) is 14.1. The largest absolute Gasteiger partial charge is 0.348 e. The maximum absolute atomic E-state index is 13.0. The highest BCUT2D eigenvalue weighted by atomic mass is 16.2. The van der Waals surface area contributed by atoms with Gasteiger partial charge in [0.15, 0.2) is 0 Å². The molecule has 2 aromatic carbocycles. The molecule has 1 amide bonds. The second-order valence-electron chi connectivity index (χ2n) is 6.51. The number of likely N-dealkylation sites (tertiary alicyclic amines) is 1. The van der Waals surface area contributed by atoms with Crippen molar-refractivity contribution >= 4 is 5.91 Å². The maximum atomic E-state index is 13.0. The van der Waals surface area contributed by atoms with Crippen molar-refractivity contribution in [3.05, 3.63) is 78.4 Å².